The number of imide groups is 1. The Kier molecular flexibility index (Phi) is 6.18. The van der Waals surface area contributed by atoms with E-state index in [1.807, 2.05) is 36.4 Å². The number of urea groups is 1. The normalized spacial score (nSPS) is 20.0. The first kappa shape index (κ1) is 22.5. The Morgan fingerprint density at radius 1 is 1.06 bits per heavy atom. The average Bonchev–Trinajstić information content (AvgIpc) is 3.10. The van der Waals surface area contributed by atoms with Crippen LogP contribution in [0.2, 0.25) is 0 Å². The smallest absolute Gasteiger partial charge is 0.329 e. The SMILES string of the molecule is CNC(=O)[C@@H]1Cc2ccccc2CN1C(=O)C[C@H]1NC(=O)N(c2ccc(C(C)C)cc2)C1=O. The summed E-state index contributed by atoms with van der Waals surface area (Å²) in [6.45, 7) is 4.41. The Labute approximate surface area is 192 Å². The first-order valence-corrected chi connectivity index (χ1v) is 11.1. The van der Waals surface area contributed by atoms with Crippen LogP contribution in [0.4, 0.5) is 10.5 Å². The number of fused-ring (bicyclic) bond motifs is 1. The van der Waals surface area contributed by atoms with Gasteiger partial charge in [0.15, 0.2) is 0 Å². The molecule has 2 atom stereocenters. The fourth-order valence-electron chi connectivity index (χ4n) is 4.40. The molecule has 8 nitrogen and oxygen atoms in total. The van der Waals surface area contributed by atoms with Crippen molar-refractivity contribution in [2.45, 2.75) is 51.2 Å². The number of anilines is 1. The minimum atomic E-state index is -0.975. The molecule has 2 heterocycles. The van der Waals surface area contributed by atoms with Crippen molar-refractivity contribution in [3.63, 3.8) is 0 Å². The molecule has 0 unspecified atom stereocenters. The summed E-state index contributed by atoms with van der Waals surface area (Å²) in [5.41, 5.74) is 3.56. The molecule has 2 aliphatic rings. The van der Waals surface area contributed by atoms with Crippen molar-refractivity contribution in [1.29, 1.82) is 0 Å². The fourth-order valence-corrected chi connectivity index (χ4v) is 4.40. The maximum Gasteiger partial charge on any atom is 0.329 e. The van der Waals surface area contributed by atoms with E-state index < -0.39 is 24.0 Å². The van der Waals surface area contributed by atoms with Crippen LogP contribution < -0.4 is 15.5 Å². The van der Waals surface area contributed by atoms with E-state index >= 15 is 0 Å². The second kappa shape index (κ2) is 9.05. The van der Waals surface area contributed by atoms with Gasteiger partial charge < -0.3 is 15.5 Å². The quantitative estimate of drug-likeness (QED) is 0.686. The molecule has 1 fully saturated rings. The second-order valence-electron chi connectivity index (χ2n) is 8.75. The van der Waals surface area contributed by atoms with Gasteiger partial charge in [-0.15, -0.1) is 0 Å². The van der Waals surface area contributed by atoms with E-state index in [2.05, 4.69) is 24.5 Å². The molecule has 172 valence electrons. The number of amides is 5. The summed E-state index contributed by atoms with van der Waals surface area (Å²) >= 11 is 0. The van der Waals surface area contributed by atoms with E-state index in [1.165, 1.54) is 11.9 Å². The molecule has 4 rings (SSSR count). The average molecular weight is 449 g/mol. The lowest BCUT2D eigenvalue weighted by atomic mass is 9.93. The molecule has 0 aliphatic carbocycles. The number of carbonyl (C=O) groups excluding carboxylic acids is 4. The fraction of sp³-hybridized carbons (Fsp3) is 0.360. The van der Waals surface area contributed by atoms with E-state index in [-0.39, 0.29) is 24.8 Å². The predicted molar refractivity (Wildman–Crippen MR) is 124 cm³/mol. The highest BCUT2D eigenvalue weighted by Crippen LogP contribution is 2.27. The highest BCUT2D eigenvalue weighted by atomic mass is 16.2. The predicted octanol–water partition coefficient (Wildman–Crippen LogP) is 2.32. The molecule has 0 aromatic heterocycles. The van der Waals surface area contributed by atoms with Crippen LogP contribution in [0.5, 0.6) is 0 Å². The summed E-state index contributed by atoms with van der Waals surface area (Å²) in [5.74, 6) is -0.754. The van der Waals surface area contributed by atoms with Gasteiger partial charge in [-0.25, -0.2) is 9.69 Å². The Morgan fingerprint density at radius 3 is 2.36 bits per heavy atom. The first-order valence-electron chi connectivity index (χ1n) is 11.1. The molecule has 2 N–H and O–H groups in total. The van der Waals surface area contributed by atoms with Gasteiger partial charge in [0.05, 0.1) is 12.1 Å². The van der Waals surface area contributed by atoms with Crippen molar-refractivity contribution in [1.82, 2.24) is 15.5 Å². The zero-order chi connectivity index (χ0) is 23.7. The number of benzene rings is 2. The van der Waals surface area contributed by atoms with Crippen LogP contribution in [0.3, 0.4) is 0 Å². The Balaban J connectivity index is 1.51. The molecule has 8 heteroatoms. The lowest BCUT2D eigenvalue weighted by Crippen LogP contribution is -2.53. The minimum Gasteiger partial charge on any atom is -0.357 e. The molecule has 2 aromatic rings. The lowest BCUT2D eigenvalue weighted by molar-refractivity contribution is -0.142. The van der Waals surface area contributed by atoms with E-state index in [9.17, 15) is 19.2 Å². The molecule has 1 saturated heterocycles. The second-order valence-corrected chi connectivity index (χ2v) is 8.75. The van der Waals surface area contributed by atoms with Crippen LogP contribution in [-0.4, -0.2) is 47.8 Å². The van der Waals surface area contributed by atoms with Gasteiger partial charge in [-0.2, -0.15) is 0 Å². The third-order valence-electron chi connectivity index (χ3n) is 6.33. The number of nitrogens with zero attached hydrogens (tertiary/aromatic N) is 2. The Hall–Kier alpha value is -3.68. The van der Waals surface area contributed by atoms with Gasteiger partial charge in [-0.1, -0.05) is 50.2 Å². The highest BCUT2D eigenvalue weighted by molar-refractivity contribution is 6.22. The lowest BCUT2D eigenvalue weighted by Gasteiger charge is -2.36. The number of hydrogen-bond acceptors (Lipinski definition) is 4. The van der Waals surface area contributed by atoms with Crippen molar-refractivity contribution in [3.8, 4) is 0 Å². The molecular formula is C25H28N4O4. The maximum atomic E-state index is 13.2. The molecule has 33 heavy (non-hydrogen) atoms. The standard InChI is InChI=1S/C25H28N4O4/c1-15(2)16-8-10-19(11-9-16)29-24(32)20(27-25(29)33)13-22(30)28-14-18-7-5-4-6-17(18)12-21(28)23(31)26-3/h4-11,15,20-21H,12-14H2,1-3H3,(H,26,31)(H,27,33)/t20-,21+/m1/s1. The summed E-state index contributed by atoms with van der Waals surface area (Å²) in [4.78, 5) is 53.9. The number of likely N-dealkylation sites (N-methyl/N-ethyl adjacent to an activating group) is 1. The van der Waals surface area contributed by atoms with Crippen molar-refractivity contribution in [2.24, 2.45) is 0 Å². The van der Waals surface area contributed by atoms with Crippen LogP contribution in [0.15, 0.2) is 48.5 Å². The third-order valence-corrected chi connectivity index (χ3v) is 6.33. The van der Waals surface area contributed by atoms with Crippen molar-refractivity contribution < 1.29 is 19.2 Å². The monoisotopic (exact) mass is 448 g/mol. The third kappa shape index (κ3) is 4.33. The molecule has 2 aliphatic heterocycles. The van der Waals surface area contributed by atoms with Gasteiger partial charge in [0, 0.05) is 20.0 Å². The van der Waals surface area contributed by atoms with Gasteiger partial charge in [-0.05, 0) is 34.7 Å². The number of carbonyl (C=O) groups is 4. The molecule has 0 saturated carbocycles. The zero-order valence-electron chi connectivity index (χ0n) is 19.0. The zero-order valence-corrected chi connectivity index (χ0v) is 19.0. The van der Waals surface area contributed by atoms with Crippen molar-refractivity contribution in [3.05, 3.63) is 65.2 Å². The van der Waals surface area contributed by atoms with Crippen LogP contribution in [0.25, 0.3) is 0 Å². The number of nitrogens with one attached hydrogen (secondary N) is 2. The molecule has 0 bridgehead atoms. The Bertz CT molecular complexity index is 1100. The maximum absolute atomic E-state index is 13.2. The van der Waals surface area contributed by atoms with E-state index in [4.69, 9.17) is 0 Å². The molecule has 0 radical (unpaired) electrons. The van der Waals surface area contributed by atoms with E-state index in [0.29, 0.717) is 18.0 Å². The van der Waals surface area contributed by atoms with Crippen LogP contribution in [0.1, 0.15) is 42.9 Å². The number of rotatable bonds is 5. The number of hydrogen-bond donors (Lipinski definition) is 2. The summed E-state index contributed by atoms with van der Waals surface area (Å²) < 4.78 is 0. The van der Waals surface area contributed by atoms with Gasteiger partial charge in [0.1, 0.15) is 12.1 Å². The summed E-state index contributed by atoms with van der Waals surface area (Å²) in [7, 11) is 1.54. The van der Waals surface area contributed by atoms with Crippen molar-refractivity contribution in [2.75, 3.05) is 11.9 Å². The minimum absolute atomic E-state index is 0.208. The molecule has 0 spiro atoms. The summed E-state index contributed by atoms with van der Waals surface area (Å²) in [5, 5.41) is 5.25. The molecule has 5 amide bonds. The van der Waals surface area contributed by atoms with Gasteiger partial charge in [0.25, 0.3) is 5.91 Å². The highest BCUT2D eigenvalue weighted by Gasteiger charge is 2.42. The molecule has 2 aromatic carbocycles. The topological polar surface area (TPSA) is 98.8 Å². The molecular weight excluding hydrogens is 420 g/mol. The van der Waals surface area contributed by atoms with Gasteiger partial charge >= 0.3 is 6.03 Å². The van der Waals surface area contributed by atoms with E-state index in [1.54, 1.807) is 12.1 Å². The van der Waals surface area contributed by atoms with Gasteiger partial charge in [-0.3, -0.25) is 14.4 Å². The Morgan fingerprint density at radius 2 is 1.73 bits per heavy atom. The van der Waals surface area contributed by atoms with Crippen LogP contribution in [-0.2, 0) is 27.3 Å². The summed E-state index contributed by atoms with van der Waals surface area (Å²) in [6, 6.07) is 12.7. The van der Waals surface area contributed by atoms with Crippen LogP contribution in [0, 0.1) is 0 Å². The van der Waals surface area contributed by atoms with Gasteiger partial charge in [0.2, 0.25) is 11.8 Å². The van der Waals surface area contributed by atoms with Crippen molar-refractivity contribution >= 4 is 29.4 Å². The summed E-state index contributed by atoms with van der Waals surface area (Å²) in [6.07, 6.45) is 0.196. The largest absolute Gasteiger partial charge is 0.357 e. The first-order chi connectivity index (χ1) is 15.8. The van der Waals surface area contributed by atoms with E-state index in [0.717, 1.165) is 21.6 Å². The van der Waals surface area contributed by atoms with Crippen LogP contribution >= 0.6 is 0 Å².